The Bertz CT molecular complexity index is 906. The van der Waals surface area contributed by atoms with Gasteiger partial charge in [0.05, 0.1) is 23.2 Å². The Labute approximate surface area is 241 Å². The molecule has 7 nitrogen and oxygen atoms in total. The highest BCUT2D eigenvalue weighted by Gasteiger charge is 2.76. The monoisotopic (exact) mass is 614 g/mol. The summed E-state index contributed by atoms with van der Waals surface area (Å²) >= 11 is 5.46. The molecule has 0 saturated carbocycles. The predicted molar refractivity (Wildman–Crippen MR) is 156 cm³/mol. The highest BCUT2D eigenvalue weighted by Crippen LogP contribution is 2.68. The van der Waals surface area contributed by atoms with Gasteiger partial charge in [-0.25, -0.2) is 0 Å². The maximum absolute atomic E-state index is 14.7. The molecule has 3 rings (SSSR count). The van der Waals surface area contributed by atoms with Gasteiger partial charge in [0.15, 0.2) is 0 Å². The zero-order chi connectivity index (χ0) is 28.5. The van der Waals surface area contributed by atoms with Gasteiger partial charge in [0.25, 0.3) is 0 Å². The molecule has 3 saturated heterocycles. The van der Waals surface area contributed by atoms with Crippen LogP contribution in [-0.4, -0.2) is 85.4 Å². The summed E-state index contributed by atoms with van der Waals surface area (Å²) in [6.45, 7) is 17.7. The number of nitrogens with zero attached hydrogens (tertiary/aromatic N) is 2. The summed E-state index contributed by atoms with van der Waals surface area (Å²) in [5.74, 6) is -1.60. The normalized spacial score (nSPS) is 30.5. The van der Waals surface area contributed by atoms with Gasteiger partial charge < -0.3 is 19.6 Å². The Morgan fingerprint density at radius 1 is 1.24 bits per heavy atom. The van der Waals surface area contributed by atoms with E-state index >= 15 is 0 Å². The van der Waals surface area contributed by atoms with Crippen LogP contribution in [0.3, 0.4) is 0 Å². The molecule has 0 radical (unpaired) electrons. The SMILES string of the molecule is C=CCN(C(=O)C1N(CCCCCCO)C(=O)[C@@H]2[C@H](C(=O)OCC)[C@H]3SC12CC3Br)C(C)(C)CC(C)(C)C. The van der Waals surface area contributed by atoms with Gasteiger partial charge in [-0.05, 0) is 51.9 Å². The van der Waals surface area contributed by atoms with Gasteiger partial charge in [-0.1, -0.05) is 55.6 Å². The van der Waals surface area contributed by atoms with Crippen molar-refractivity contribution in [2.45, 2.75) is 106 Å². The molecular weight excluding hydrogens is 568 g/mol. The Morgan fingerprint density at radius 2 is 1.89 bits per heavy atom. The summed E-state index contributed by atoms with van der Waals surface area (Å²) < 4.78 is 4.78. The first-order valence-corrected chi connectivity index (χ1v) is 15.9. The largest absolute Gasteiger partial charge is 0.466 e. The topological polar surface area (TPSA) is 87.2 Å². The number of unbranched alkanes of at least 4 members (excludes halogenated alkanes) is 3. The van der Waals surface area contributed by atoms with Gasteiger partial charge in [0.1, 0.15) is 6.04 Å². The van der Waals surface area contributed by atoms with Crippen LogP contribution in [-0.2, 0) is 19.1 Å². The highest BCUT2D eigenvalue weighted by atomic mass is 79.9. The minimum absolute atomic E-state index is 0.00156. The van der Waals surface area contributed by atoms with Crippen LogP contribution >= 0.6 is 27.7 Å². The first-order valence-electron chi connectivity index (χ1n) is 14.1. The number of likely N-dealkylation sites (tertiary alicyclic amines) is 1. The molecule has 0 aliphatic carbocycles. The summed E-state index contributed by atoms with van der Waals surface area (Å²) in [5, 5.41) is 9.06. The van der Waals surface area contributed by atoms with Gasteiger partial charge in [-0.3, -0.25) is 14.4 Å². The lowest BCUT2D eigenvalue weighted by atomic mass is 9.70. The number of alkyl halides is 1. The summed E-state index contributed by atoms with van der Waals surface area (Å²) in [6, 6.07) is -0.647. The van der Waals surface area contributed by atoms with Gasteiger partial charge in [-0.15, -0.1) is 18.3 Å². The van der Waals surface area contributed by atoms with E-state index in [9.17, 15) is 14.4 Å². The number of halogens is 1. The molecule has 6 atom stereocenters. The van der Waals surface area contributed by atoms with E-state index in [0.717, 1.165) is 32.1 Å². The molecule has 3 unspecified atom stereocenters. The number of rotatable bonds is 13. The van der Waals surface area contributed by atoms with Gasteiger partial charge >= 0.3 is 5.97 Å². The van der Waals surface area contributed by atoms with Crippen molar-refractivity contribution in [2.24, 2.45) is 17.3 Å². The number of aliphatic hydroxyl groups is 1. The number of ether oxygens (including phenoxy) is 1. The second-order valence-electron chi connectivity index (χ2n) is 12.9. The Hall–Kier alpha value is -1.06. The van der Waals surface area contributed by atoms with Crippen molar-refractivity contribution in [2.75, 3.05) is 26.3 Å². The van der Waals surface area contributed by atoms with E-state index in [1.165, 1.54) is 0 Å². The van der Waals surface area contributed by atoms with Crippen molar-refractivity contribution in [1.82, 2.24) is 9.80 Å². The zero-order valence-electron chi connectivity index (χ0n) is 24.0. The van der Waals surface area contributed by atoms with Crippen LogP contribution in [0.2, 0.25) is 0 Å². The van der Waals surface area contributed by atoms with E-state index in [2.05, 4.69) is 57.1 Å². The lowest BCUT2D eigenvalue weighted by Gasteiger charge is -2.46. The van der Waals surface area contributed by atoms with Crippen LogP contribution in [0, 0.1) is 17.3 Å². The van der Waals surface area contributed by atoms with Gasteiger partial charge in [0, 0.05) is 35.3 Å². The number of thioether (sulfide) groups is 1. The fourth-order valence-corrected chi connectivity index (χ4v) is 10.8. The van der Waals surface area contributed by atoms with Gasteiger partial charge in [-0.2, -0.15) is 0 Å². The van der Waals surface area contributed by atoms with Crippen LogP contribution in [0.5, 0.6) is 0 Å². The van der Waals surface area contributed by atoms with Crippen LogP contribution < -0.4 is 0 Å². The van der Waals surface area contributed by atoms with Gasteiger partial charge in [0.2, 0.25) is 11.8 Å². The van der Waals surface area contributed by atoms with Crippen molar-refractivity contribution >= 4 is 45.5 Å². The molecule has 3 heterocycles. The predicted octanol–water partition coefficient (Wildman–Crippen LogP) is 4.80. The second-order valence-corrected chi connectivity index (χ2v) is 15.6. The Morgan fingerprint density at radius 3 is 2.47 bits per heavy atom. The van der Waals surface area contributed by atoms with Crippen LogP contribution in [0.1, 0.15) is 80.1 Å². The lowest BCUT2D eigenvalue weighted by Crippen LogP contribution is -2.60. The fourth-order valence-electron chi connectivity index (χ4n) is 7.21. The quantitative estimate of drug-likeness (QED) is 0.139. The van der Waals surface area contributed by atoms with E-state index in [-0.39, 0.29) is 46.5 Å². The molecule has 3 fully saturated rings. The van der Waals surface area contributed by atoms with E-state index in [4.69, 9.17) is 9.84 Å². The summed E-state index contributed by atoms with van der Waals surface area (Å²) in [6.07, 6.45) is 6.44. The highest BCUT2D eigenvalue weighted by molar-refractivity contribution is 9.09. The van der Waals surface area contributed by atoms with E-state index < -0.39 is 28.2 Å². The van der Waals surface area contributed by atoms with Crippen molar-refractivity contribution in [3.05, 3.63) is 12.7 Å². The van der Waals surface area contributed by atoms with E-state index in [1.807, 2.05) is 4.90 Å². The molecular formula is C29H47BrN2O5S. The van der Waals surface area contributed by atoms with Crippen molar-refractivity contribution in [1.29, 1.82) is 0 Å². The van der Waals surface area contributed by atoms with Crippen LogP contribution in [0.25, 0.3) is 0 Å². The third-order valence-electron chi connectivity index (χ3n) is 8.16. The summed E-state index contributed by atoms with van der Waals surface area (Å²) in [5.41, 5.74) is -0.456. The molecule has 1 spiro atoms. The average Bonchev–Trinajstić information content (AvgIpc) is 3.39. The molecule has 38 heavy (non-hydrogen) atoms. The molecule has 216 valence electrons. The molecule has 0 aromatic heterocycles. The number of carbonyl (C=O) groups is 3. The van der Waals surface area contributed by atoms with Crippen molar-refractivity contribution in [3.63, 3.8) is 0 Å². The molecule has 1 N–H and O–H groups in total. The molecule has 3 aliphatic rings. The molecule has 3 aliphatic heterocycles. The molecule has 0 aromatic rings. The molecule has 9 heteroatoms. The summed E-state index contributed by atoms with van der Waals surface area (Å²) in [7, 11) is 0. The fraction of sp³-hybridized carbons (Fsp3) is 0.828. The number of aliphatic hydroxyl groups excluding tert-OH is 1. The van der Waals surface area contributed by atoms with Crippen LogP contribution in [0.15, 0.2) is 12.7 Å². The summed E-state index contributed by atoms with van der Waals surface area (Å²) in [4.78, 5) is 45.8. The standard InChI is InChI=1S/C29H47BrN2O5S/c1-8-14-32(28(6,7)18-27(3,4)5)25(35)23-29-17-19(30)22(38-29)20(26(36)37-9-2)21(29)24(34)31(23)15-12-10-11-13-16-33/h8,19-23,33H,1,9-18H2,2-7H3/t19?,20-,21-,22-,23?,29?/m0/s1. The smallest absolute Gasteiger partial charge is 0.310 e. The zero-order valence-corrected chi connectivity index (χ0v) is 26.4. The average molecular weight is 616 g/mol. The number of esters is 1. The molecule has 0 aromatic carbocycles. The Kier molecular flexibility index (Phi) is 10.1. The third kappa shape index (κ3) is 5.99. The van der Waals surface area contributed by atoms with Crippen molar-refractivity contribution < 1.29 is 24.2 Å². The maximum Gasteiger partial charge on any atom is 0.310 e. The number of hydrogen-bond donors (Lipinski definition) is 1. The number of hydrogen-bond acceptors (Lipinski definition) is 6. The first-order chi connectivity index (χ1) is 17.8. The van der Waals surface area contributed by atoms with Crippen molar-refractivity contribution in [3.8, 4) is 0 Å². The number of carbonyl (C=O) groups excluding carboxylic acids is 3. The van der Waals surface area contributed by atoms with E-state index in [0.29, 0.717) is 19.5 Å². The minimum atomic E-state index is -0.674. The molecule has 2 amide bonds. The first kappa shape index (κ1) is 31.5. The number of fused-ring (bicyclic) bond motifs is 1. The Balaban J connectivity index is 2.03. The second kappa shape index (κ2) is 12.2. The van der Waals surface area contributed by atoms with Crippen LogP contribution in [0.4, 0.5) is 0 Å². The third-order valence-corrected chi connectivity index (χ3v) is 11.4. The maximum atomic E-state index is 14.7. The lowest BCUT2D eigenvalue weighted by molar-refractivity contribution is -0.153. The molecule has 2 bridgehead atoms. The van der Waals surface area contributed by atoms with E-state index in [1.54, 1.807) is 29.7 Å². The number of amides is 2. The minimum Gasteiger partial charge on any atom is -0.466 e.